The molecule has 2 aliphatic carbocycles. The number of aromatic hydroxyl groups is 1. The Morgan fingerprint density at radius 1 is 0.886 bits per heavy atom. The summed E-state index contributed by atoms with van der Waals surface area (Å²) in [6.45, 7) is 12.6. The Hall–Kier alpha value is -2.04. The summed E-state index contributed by atoms with van der Waals surface area (Å²) in [6.07, 6.45) is 11.1. The standard InChI is InChI=1S/C30H48N2O3/c1-28(2,3)23-19-21(20-24(26(23)34)29(4,5)6)15-16-25(33)32-30(17-11-8-12-18-30)27(35)31-22-13-9-7-10-14-22/h19-20,22,34H,7-18H2,1-6H3,(H,31,35)(H,32,33). The van der Waals surface area contributed by atoms with Gasteiger partial charge in [-0.1, -0.05) is 92.2 Å². The van der Waals surface area contributed by atoms with Crippen LogP contribution in [0.25, 0.3) is 0 Å². The van der Waals surface area contributed by atoms with Crippen LogP contribution in [0.1, 0.15) is 129 Å². The van der Waals surface area contributed by atoms with Crippen LogP contribution in [0.3, 0.4) is 0 Å². The minimum absolute atomic E-state index is 0.0205. The van der Waals surface area contributed by atoms with E-state index in [1.165, 1.54) is 19.3 Å². The summed E-state index contributed by atoms with van der Waals surface area (Å²) < 4.78 is 0. The fourth-order valence-electron chi connectivity index (χ4n) is 5.70. The molecule has 35 heavy (non-hydrogen) atoms. The van der Waals surface area contributed by atoms with Crippen LogP contribution in [0.5, 0.6) is 5.75 Å². The van der Waals surface area contributed by atoms with E-state index in [4.69, 9.17) is 0 Å². The van der Waals surface area contributed by atoms with E-state index >= 15 is 0 Å². The molecule has 196 valence electrons. The summed E-state index contributed by atoms with van der Waals surface area (Å²) >= 11 is 0. The zero-order chi connectivity index (χ0) is 25.9. The van der Waals surface area contributed by atoms with Crippen molar-refractivity contribution in [2.75, 3.05) is 0 Å². The Labute approximate surface area is 212 Å². The topological polar surface area (TPSA) is 78.4 Å². The highest BCUT2D eigenvalue weighted by Gasteiger charge is 2.41. The van der Waals surface area contributed by atoms with Crippen LogP contribution in [0.15, 0.2) is 12.1 Å². The van der Waals surface area contributed by atoms with E-state index in [0.717, 1.165) is 61.6 Å². The fraction of sp³-hybridized carbons (Fsp3) is 0.733. The molecule has 1 aromatic carbocycles. The molecule has 2 aliphatic rings. The first-order valence-electron chi connectivity index (χ1n) is 13.8. The van der Waals surface area contributed by atoms with Gasteiger partial charge in [0.25, 0.3) is 0 Å². The van der Waals surface area contributed by atoms with Crippen LogP contribution in [-0.4, -0.2) is 28.5 Å². The van der Waals surface area contributed by atoms with Gasteiger partial charge in [-0.3, -0.25) is 9.59 Å². The van der Waals surface area contributed by atoms with Crippen LogP contribution in [0.2, 0.25) is 0 Å². The van der Waals surface area contributed by atoms with Gasteiger partial charge in [-0.25, -0.2) is 0 Å². The first-order valence-corrected chi connectivity index (χ1v) is 13.8. The van der Waals surface area contributed by atoms with Crippen molar-refractivity contribution in [1.82, 2.24) is 10.6 Å². The van der Waals surface area contributed by atoms with Gasteiger partial charge in [0, 0.05) is 12.5 Å². The van der Waals surface area contributed by atoms with Crippen molar-refractivity contribution in [2.45, 2.75) is 141 Å². The zero-order valence-electron chi connectivity index (χ0n) is 23.0. The zero-order valence-corrected chi connectivity index (χ0v) is 23.0. The molecule has 5 nitrogen and oxygen atoms in total. The molecule has 2 amide bonds. The average Bonchev–Trinajstić information content (AvgIpc) is 2.78. The third-order valence-electron chi connectivity index (χ3n) is 7.89. The highest BCUT2D eigenvalue weighted by Crippen LogP contribution is 2.40. The first-order chi connectivity index (χ1) is 16.3. The summed E-state index contributed by atoms with van der Waals surface area (Å²) in [5, 5.41) is 17.5. The van der Waals surface area contributed by atoms with E-state index in [-0.39, 0.29) is 28.7 Å². The molecule has 0 spiro atoms. The lowest BCUT2D eigenvalue weighted by Gasteiger charge is -2.38. The number of amides is 2. The number of carbonyl (C=O) groups excluding carboxylic acids is 2. The monoisotopic (exact) mass is 484 g/mol. The summed E-state index contributed by atoms with van der Waals surface area (Å²) in [5.74, 6) is 0.319. The van der Waals surface area contributed by atoms with Crippen LogP contribution in [0.4, 0.5) is 0 Å². The molecule has 0 aliphatic heterocycles. The van der Waals surface area contributed by atoms with Gasteiger partial charge in [-0.2, -0.15) is 0 Å². The predicted molar refractivity (Wildman–Crippen MR) is 143 cm³/mol. The molecule has 0 radical (unpaired) electrons. The third kappa shape index (κ3) is 7.01. The van der Waals surface area contributed by atoms with Gasteiger partial charge in [0.15, 0.2) is 0 Å². The van der Waals surface area contributed by atoms with Crippen LogP contribution >= 0.6 is 0 Å². The Kier molecular flexibility index (Phi) is 8.60. The maximum absolute atomic E-state index is 13.4. The summed E-state index contributed by atoms with van der Waals surface area (Å²) in [6, 6.07) is 4.34. The molecule has 0 saturated heterocycles. The van der Waals surface area contributed by atoms with E-state index < -0.39 is 5.54 Å². The normalized spacial score (nSPS) is 19.3. The second-order valence-corrected chi connectivity index (χ2v) is 13.0. The number of rotatable bonds is 6. The molecule has 2 saturated carbocycles. The number of hydrogen-bond donors (Lipinski definition) is 3. The second-order valence-electron chi connectivity index (χ2n) is 13.0. The molecule has 0 atom stereocenters. The lowest BCUT2D eigenvalue weighted by molar-refractivity contribution is -0.135. The highest BCUT2D eigenvalue weighted by molar-refractivity contribution is 5.91. The Morgan fingerprint density at radius 3 is 1.91 bits per heavy atom. The molecule has 0 bridgehead atoms. The summed E-state index contributed by atoms with van der Waals surface area (Å²) in [4.78, 5) is 26.6. The molecule has 5 heteroatoms. The van der Waals surface area contributed by atoms with Gasteiger partial charge in [0.05, 0.1) is 0 Å². The Balaban J connectivity index is 1.73. The van der Waals surface area contributed by atoms with Crippen molar-refractivity contribution in [3.63, 3.8) is 0 Å². The van der Waals surface area contributed by atoms with Crippen LogP contribution < -0.4 is 10.6 Å². The largest absolute Gasteiger partial charge is 0.507 e. The lowest BCUT2D eigenvalue weighted by atomic mass is 9.78. The van der Waals surface area contributed by atoms with E-state index in [2.05, 4.69) is 52.2 Å². The maximum Gasteiger partial charge on any atom is 0.245 e. The molecule has 0 heterocycles. The second kappa shape index (κ2) is 10.9. The molecular formula is C30H48N2O3. The first kappa shape index (κ1) is 27.5. The molecule has 0 aromatic heterocycles. The lowest BCUT2D eigenvalue weighted by Crippen LogP contribution is -2.61. The quantitative estimate of drug-likeness (QED) is 0.451. The van der Waals surface area contributed by atoms with E-state index in [0.29, 0.717) is 18.6 Å². The smallest absolute Gasteiger partial charge is 0.245 e. The summed E-state index contributed by atoms with van der Waals surface area (Å²) in [7, 11) is 0. The SMILES string of the molecule is CC(C)(C)c1cc(CCC(=O)NC2(C(=O)NC3CCCCC3)CCCCC2)cc(C(C)(C)C)c1O. The molecule has 3 rings (SSSR count). The van der Waals surface area contributed by atoms with Crippen molar-refractivity contribution in [1.29, 1.82) is 0 Å². The minimum Gasteiger partial charge on any atom is -0.507 e. The molecule has 0 unspecified atom stereocenters. The van der Waals surface area contributed by atoms with Crippen LogP contribution in [-0.2, 0) is 26.8 Å². The molecule has 1 aromatic rings. The molecular weight excluding hydrogens is 436 g/mol. The fourth-order valence-corrected chi connectivity index (χ4v) is 5.70. The van der Waals surface area contributed by atoms with Crippen molar-refractivity contribution >= 4 is 11.8 Å². The van der Waals surface area contributed by atoms with Gasteiger partial charge < -0.3 is 15.7 Å². The van der Waals surface area contributed by atoms with Gasteiger partial charge in [-0.15, -0.1) is 0 Å². The predicted octanol–water partition coefficient (Wildman–Crippen LogP) is 6.19. The number of phenols is 1. The molecule has 2 fully saturated rings. The minimum atomic E-state index is -0.769. The number of hydrogen-bond acceptors (Lipinski definition) is 3. The van der Waals surface area contributed by atoms with Crippen molar-refractivity contribution in [3.05, 3.63) is 28.8 Å². The third-order valence-corrected chi connectivity index (χ3v) is 7.89. The number of nitrogens with one attached hydrogen (secondary N) is 2. The van der Waals surface area contributed by atoms with Crippen molar-refractivity contribution < 1.29 is 14.7 Å². The van der Waals surface area contributed by atoms with E-state index in [9.17, 15) is 14.7 Å². The van der Waals surface area contributed by atoms with Crippen molar-refractivity contribution in [3.8, 4) is 5.75 Å². The number of aryl methyl sites for hydroxylation is 1. The maximum atomic E-state index is 13.4. The van der Waals surface area contributed by atoms with E-state index in [1.807, 2.05) is 12.1 Å². The van der Waals surface area contributed by atoms with Crippen LogP contribution in [0, 0.1) is 0 Å². The Morgan fingerprint density at radius 2 is 1.40 bits per heavy atom. The number of carbonyl (C=O) groups is 2. The van der Waals surface area contributed by atoms with Gasteiger partial charge in [-0.05, 0) is 59.6 Å². The van der Waals surface area contributed by atoms with E-state index in [1.54, 1.807) is 0 Å². The van der Waals surface area contributed by atoms with Gasteiger partial charge >= 0.3 is 0 Å². The van der Waals surface area contributed by atoms with Crippen molar-refractivity contribution in [2.24, 2.45) is 0 Å². The highest BCUT2D eigenvalue weighted by atomic mass is 16.3. The molecule has 3 N–H and O–H groups in total. The average molecular weight is 485 g/mol. The number of phenolic OH excluding ortho intramolecular Hbond substituents is 1. The Bertz CT molecular complexity index is 860. The number of benzene rings is 1. The summed E-state index contributed by atoms with van der Waals surface area (Å²) in [5.41, 5.74) is 1.70. The van der Waals surface area contributed by atoms with Gasteiger partial charge in [0.2, 0.25) is 11.8 Å². The van der Waals surface area contributed by atoms with Gasteiger partial charge in [0.1, 0.15) is 11.3 Å².